The zero-order valence-electron chi connectivity index (χ0n) is 10.3. The highest BCUT2D eigenvalue weighted by molar-refractivity contribution is 5.77. The maximum atomic E-state index is 10.9. The van der Waals surface area contributed by atoms with Crippen LogP contribution in [0.1, 0.15) is 40.1 Å². The lowest BCUT2D eigenvalue weighted by Crippen LogP contribution is -1.95. The molecular weight excluding hydrogens is 224 g/mol. The van der Waals surface area contributed by atoms with Crippen LogP contribution in [0, 0.1) is 0 Å². The lowest BCUT2D eigenvalue weighted by Gasteiger charge is -2.07. The van der Waals surface area contributed by atoms with Crippen LogP contribution in [0.15, 0.2) is 48.5 Å². The van der Waals surface area contributed by atoms with Gasteiger partial charge in [-0.2, -0.15) is 0 Å². The van der Waals surface area contributed by atoms with E-state index in [1.54, 1.807) is 6.92 Å². The molecule has 0 amide bonds. The number of hydrogen-bond acceptors (Lipinski definition) is 2. The van der Waals surface area contributed by atoms with Gasteiger partial charge in [0.1, 0.15) is 6.29 Å². The lowest BCUT2D eigenvalue weighted by atomic mass is 9.99. The van der Waals surface area contributed by atoms with Crippen molar-refractivity contribution in [2.75, 3.05) is 0 Å². The maximum absolute atomic E-state index is 10.9. The number of rotatable bonds is 4. The van der Waals surface area contributed by atoms with Crippen molar-refractivity contribution in [3.63, 3.8) is 0 Å². The molecule has 0 aliphatic rings. The van der Waals surface area contributed by atoms with Crippen molar-refractivity contribution in [1.82, 2.24) is 0 Å². The Morgan fingerprint density at radius 1 is 1.11 bits per heavy atom. The van der Waals surface area contributed by atoms with E-state index < -0.39 is 6.10 Å². The zero-order valence-corrected chi connectivity index (χ0v) is 10.3. The molecule has 18 heavy (non-hydrogen) atoms. The molecule has 1 unspecified atom stereocenters. The second-order valence-corrected chi connectivity index (χ2v) is 4.41. The fraction of sp³-hybridized carbons (Fsp3) is 0.188. The predicted octanol–water partition coefficient (Wildman–Crippen LogP) is 3.14. The quantitative estimate of drug-likeness (QED) is 0.833. The average Bonchev–Trinajstić information content (AvgIpc) is 2.40. The van der Waals surface area contributed by atoms with Gasteiger partial charge in [-0.25, -0.2) is 0 Å². The highest BCUT2D eigenvalue weighted by atomic mass is 16.3. The van der Waals surface area contributed by atoms with E-state index >= 15 is 0 Å². The van der Waals surface area contributed by atoms with Crippen molar-refractivity contribution < 1.29 is 9.90 Å². The van der Waals surface area contributed by atoms with Crippen LogP contribution in [0.4, 0.5) is 0 Å². The molecule has 0 fully saturated rings. The Bertz CT molecular complexity index is 527. The van der Waals surface area contributed by atoms with E-state index in [0.717, 1.165) is 35.0 Å². The van der Waals surface area contributed by atoms with Crippen molar-refractivity contribution in [1.29, 1.82) is 0 Å². The van der Waals surface area contributed by atoms with Crippen LogP contribution < -0.4 is 0 Å². The minimum atomic E-state index is -0.443. The van der Waals surface area contributed by atoms with E-state index in [1.807, 2.05) is 48.5 Å². The van der Waals surface area contributed by atoms with Crippen molar-refractivity contribution in [2.24, 2.45) is 0 Å². The van der Waals surface area contributed by atoms with Gasteiger partial charge in [-0.1, -0.05) is 48.5 Å². The number of benzene rings is 2. The number of carbonyl (C=O) groups excluding carboxylic acids is 1. The van der Waals surface area contributed by atoms with Crippen LogP contribution in [-0.2, 0) is 6.42 Å². The molecule has 0 bridgehead atoms. The summed E-state index contributed by atoms with van der Waals surface area (Å²) in [5.41, 5.74) is 3.80. The second-order valence-electron chi connectivity index (χ2n) is 4.41. The van der Waals surface area contributed by atoms with Crippen LogP contribution in [-0.4, -0.2) is 11.4 Å². The van der Waals surface area contributed by atoms with Crippen molar-refractivity contribution in [3.05, 3.63) is 70.8 Å². The summed E-state index contributed by atoms with van der Waals surface area (Å²) in [5, 5.41) is 9.44. The minimum absolute atomic E-state index is 0.443. The van der Waals surface area contributed by atoms with Gasteiger partial charge in [0.15, 0.2) is 0 Å². The second kappa shape index (κ2) is 5.61. The third-order valence-corrected chi connectivity index (χ3v) is 3.04. The van der Waals surface area contributed by atoms with E-state index in [2.05, 4.69) is 0 Å². The van der Waals surface area contributed by atoms with Crippen molar-refractivity contribution in [2.45, 2.75) is 19.4 Å². The Hall–Kier alpha value is -1.93. The molecule has 0 aliphatic carbocycles. The average molecular weight is 240 g/mol. The van der Waals surface area contributed by atoms with Gasteiger partial charge >= 0.3 is 0 Å². The van der Waals surface area contributed by atoms with Gasteiger partial charge in [-0.3, -0.25) is 4.79 Å². The molecule has 1 N–H and O–H groups in total. The van der Waals surface area contributed by atoms with Crippen LogP contribution >= 0.6 is 0 Å². The summed E-state index contributed by atoms with van der Waals surface area (Å²) in [4.78, 5) is 10.9. The molecule has 92 valence electrons. The van der Waals surface area contributed by atoms with E-state index in [4.69, 9.17) is 0 Å². The molecule has 0 aromatic heterocycles. The summed E-state index contributed by atoms with van der Waals surface area (Å²) in [6.45, 7) is 1.75. The summed E-state index contributed by atoms with van der Waals surface area (Å²) < 4.78 is 0. The smallest absolute Gasteiger partial charge is 0.150 e. The van der Waals surface area contributed by atoms with Gasteiger partial charge in [0, 0.05) is 5.56 Å². The third-order valence-electron chi connectivity index (χ3n) is 3.04. The van der Waals surface area contributed by atoms with Crippen LogP contribution in [0.25, 0.3) is 0 Å². The first kappa shape index (κ1) is 12.5. The first-order valence-electron chi connectivity index (χ1n) is 6.00. The molecule has 1 atom stereocenters. The van der Waals surface area contributed by atoms with Gasteiger partial charge in [0.25, 0.3) is 0 Å². The molecule has 0 spiro atoms. The molecule has 2 aromatic rings. The van der Waals surface area contributed by atoms with Crippen LogP contribution in [0.2, 0.25) is 0 Å². The normalized spacial score (nSPS) is 12.1. The number of hydrogen-bond donors (Lipinski definition) is 1. The Morgan fingerprint density at radius 3 is 2.39 bits per heavy atom. The highest BCUT2D eigenvalue weighted by Gasteiger charge is 2.03. The van der Waals surface area contributed by atoms with E-state index in [-0.39, 0.29) is 0 Å². The van der Waals surface area contributed by atoms with Gasteiger partial charge in [-0.15, -0.1) is 0 Å². The van der Waals surface area contributed by atoms with Crippen LogP contribution in [0.3, 0.4) is 0 Å². The Labute approximate surface area is 107 Å². The molecule has 0 aliphatic heterocycles. The number of carbonyl (C=O) groups is 1. The Morgan fingerprint density at radius 2 is 1.78 bits per heavy atom. The van der Waals surface area contributed by atoms with E-state index in [1.165, 1.54) is 0 Å². The summed E-state index contributed by atoms with van der Waals surface area (Å²) >= 11 is 0. The molecule has 2 aromatic carbocycles. The van der Waals surface area contributed by atoms with Gasteiger partial charge in [0.05, 0.1) is 6.10 Å². The molecular formula is C16H16O2. The van der Waals surface area contributed by atoms with Gasteiger partial charge < -0.3 is 5.11 Å². The molecule has 0 saturated carbocycles. The Balaban J connectivity index is 2.21. The zero-order chi connectivity index (χ0) is 13.0. The fourth-order valence-electron chi connectivity index (χ4n) is 1.94. The summed E-state index contributed by atoms with van der Waals surface area (Å²) in [7, 11) is 0. The highest BCUT2D eigenvalue weighted by Crippen LogP contribution is 2.16. The molecule has 0 saturated heterocycles. The van der Waals surface area contributed by atoms with Gasteiger partial charge in [0.2, 0.25) is 0 Å². The summed E-state index contributed by atoms with van der Waals surface area (Å²) in [6, 6.07) is 15.4. The molecule has 2 rings (SSSR count). The first-order valence-corrected chi connectivity index (χ1v) is 6.00. The topological polar surface area (TPSA) is 37.3 Å². The van der Waals surface area contributed by atoms with Crippen molar-refractivity contribution in [3.8, 4) is 0 Å². The van der Waals surface area contributed by atoms with E-state index in [9.17, 15) is 9.90 Å². The number of aldehydes is 1. The summed E-state index contributed by atoms with van der Waals surface area (Å²) in [5.74, 6) is 0. The third kappa shape index (κ3) is 2.84. The number of aliphatic hydroxyl groups is 1. The number of aliphatic hydroxyl groups excluding tert-OH is 1. The SMILES string of the molecule is CC(O)c1ccc(Cc2ccccc2C=O)cc1. The standard InChI is InChI=1S/C16H16O2/c1-12(18)14-8-6-13(7-9-14)10-15-4-2-3-5-16(15)11-17/h2-9,11-12,18H,10H2,1H3. The molecule has 0 heterocycles. The summed E-state index contributed by atoms with van der Waals surface area (Å²) in [6.07, 6.45) is 1.18. The van der Waals surface area contributed by atoms with Crippen molar-refractivity contribution >= 4 is 6.29 Å². The predicted molar refractivity (Wildman–Crippen MR) is 71.7 cm³/mol. The monoisotopic (exact) mass is 240 g/mol. The first-order chi connectivity index (χ1) is 8.70. The van der Waals surface area contributed by atoms with Gasteiger partial charge in [-0.05, 0) is 30.0 Å². The molecule has 2 heteroatoms. The fourth-order valence-corrected chi connectivity index (χ4v) is 1.94. The minimum Gasteiger partial charge on any atom is -0.389 e. The molecule has 2 nitrogen and oxygen atoms in total. The lowest BCUT2D eigenvalue weighted by molar-refractivity contribution is 0.112. The largest absolute Gasteiger partial charge is 0.389 e. The maximum Gasteiger partial charge on any atom is 0.150 e. The molecule has 0 radical (unpaired) electrons. The van der Waals surface area contributed by atoms with Crippen LogP contribution in [0.5, 0.6) is 0 Å². The Kier molecular flexibility index (Phi) is 3.90. The van der Waals surface area contributed by atoms with E-state index in [0.29, 0.717) is 0 Å².